The average Bonchev–Trinajstić information content (AvgIpc) is 2.23. The number of nitrogens with zero attached hydrogens (tertiary/aromatic N) is 1. The number of carboxylic acid groups (broad SMARTS) is 1. The zero-order valence-corrected chi connectivity index (χ0v) is 9.80. The van der Waals surface area contributed by atoms with E-state index in [-0.39, 0.29) is 10.6 Å². The van der Waals surface area contributed by atoms with Crippen molar-refractivity contribution in [2.75, 3.05) is 0 Å². The molecule has 3 nitrogen and oxygen atoms in total. The van der Waals surface area contributed by atoms with Crippen molar-refractivity contribution in [3.8, 4) is 0 Å². The van der Waals surface area contributed by atoms with Crippen molar-refractivity contribution in [2.24, 2.45) is 0 Å². The van der Waals surface area contributed by atoms with Crippen LogP contribution in [0.4, 0.5) is 0 Å². The lowest BCUT2D eigenvalue weighted by Crippen LogP contribution is -1.99. The third-order valence-corrected chi connectivity index (χ3v) is 3.21. The first-order valence-electron chi connectivity index (χ1n) is 4.49. The first-order valence-corrected chi connectivity index (χ1v) is 5.24. The van der Waals surface area contributed by atoms with Crippen molar-refractivity contribution in [2.45, 2.75) is 6.92 Å². The van der Waals surface area contributed by atoms with Crippen molar-refractivity contribution in [3.63, 3.8) is 0 Å². The average molecular weight is 256 g/mol. The number of carboxylic acids is 1. The smallest absolute Gasteiger partial charge is 0.338 e. The summed E-state index contributed by atoms with van der Waals surface area (Å²) in [5.41, 5.74) is 1.41. The molecule has 0 aliphatic carbocycles. The van der Waals surface area contributed by atoms with Crippen LogP contribution in [0.1, 0.15) is 15.9 Å². The van der Waals surface area contributed by atoms with Gasteiger partial charge in [0.1, 0.15) is 0 Å². The van der Waals surface area contributed by atoms with E-state index in [1.165, 1.54) is 6.20 Å². The molecule has 1 aromatic carbocycles. The Morgan fingerprint density at radius 1 is 1.38 bits per heavy atom. The lowest BCUT2D eigenvalue weighted by atomic mass is 10.1. The minimum Gasteiger partial charge on any atom is -0.478 e. The summed E-state index contributed by atoms with van der Waals surface area (Å²) in [6, 6.07) is 3.35. The molecule has 1 heterocycles. The molecule has 0 amide bonds. The second-order valence-corrected chi connectivity index (χ2v) is 4.14. The van der Waals surface area contributed by atoms with E-state index in [0.717, 1.165) is 5.56 Å². The monoisotopic (exact) mass is 255 g/mol. The highest BCUT2D eigenvalue weighted by molar-refractivity contribution is 6.39. The molecule has 82 valence electrons. The van der Waals surface area contributed by atoms with Crippen molar-refractivity contribution < 1.29 is 9.90 Å². The van der Waals surface area contributed by atoms with Gasteiger partial charge in [-0.25, -0.2) is 4.79 Å². The molecular formula is C11H7Cl2NO2. The van der Waals surface area contributed by atoms with E-state index in [4.69, 9.17) is 28.3 Å². The van der Waals surface area contributed by atoms with Crippen LogP contribution < -0.4 is 0 Å². The van der Waals surface area contributed by atoms with Crippen LogP contribution >= 0.6 is 23.2 Å². The molecule has 0 bridgehead atoms. The Balaban J connectivity index is 2.87. The first kappa shape index (κ1) is 11.2. The van der Waals surface area contributed by atoms with Crippen LogP contribution in [0.3, 0.4) is 0 Å². The van der Waals surface area contributed by atoms with Gasteiger partial charge in [0.15, 0.2) is 0 Å². The Kier molecular flexibility index (Phi) is 2.74. The van der Waals surface area contributed by atoms with Gasteiger partial charge in [-0.05, 0) is 24.6 Å². The van der Waals surface area contributed by atoms with Crippen LogP contribution in [0.15, 0.2) is 18.3 Å². The van der Waals surface area contributed by atoms with Gasteiger partial charge in [-0.15, -0.1) is 0 Å². The molecule has 0 spiro atoms. The number of aromatic carboxylic acids is 1. The number of pyridine rings is 1. The highest BCUT2D eigenvalue weighted by atomic mass is 35.5. The molecule has 5 heteroatoms. The molecule has 0 saturated carbocycles. The molecule has 0 radical (unpaired) electrons. The third-order valence-electron chi connectivity index (χ3n) is 2.39. The highest BCUT2D eigenvalue weighted by Gasteiger charge is 2.14. The number of rotatable bonds is 1. The molecule has 0 fully saturated rings. The summed E-state index contributed by atoms with van der Waals surface area (Å²) < 4.78 is 0. The summed E-state index contributed by atoms with van der Waals surface area (Å²) in [6.07, 6.45) is 1.25. The lowest BCUT2D eigenvalue weighted by molar-refractivity contribution is 0.0697. The van der Waals surface area contributed by atoms with Gasteiger partial charge in [-0.3, -0.25) is 4.98 Å². The van der Waals surface area contributed by atoms with Crippen LogP contribution in [-0.2, 0) is 0 Å². The maximum atomic E-state index is 10.9. The van der Waals surface area contributed by atoms with Gasteiger partial charge in [-0.1, -0.05) is 23.2 Å². The molecule has 0 unspecified atom stereocenters. The molecule has 1 N–H and O–H groups in total. The molecule has 2 aromatic rings. The Morgan fingerprint density at radius 2 is 2.06 bits per heavy atom. The zero-order chi connectivity index (χ0) is 11.9. The van der Waals surface area contributed by atoms with Crippen molar-refractivity contribution in [1.82, 2.24) is 4.98 Å². The first-order chi connectivity index (χ1) is 7.52. The maximum absolute atomic E-state index is 10.9. The fourth-order valence-corrected chi connectivity index (χ4v) is 1.93. The van der Waals surface area contributed by atoms with Gasteiger partial charge < -0.3 is 5.11 Å². The quantitative estimate of drug-likeness (QED) is 0.848. The van der Waals surface area contributed by atoms with E-state index in [9.17, 15) is 4.79 Å². The number of aryl methyl sites for hydroxylation is 1. The minimum absolute atomic E-state index is 0.00381. The normalized spacial score (nSPS) is 10.7. The fourth-order valence-electron chi connectivity index (χ4n) is 1.50. The van der Waals surface area contributed by atoms with E-state index < -0.39 is 5.97 Å². The summed E-state index contributed by atoms with van der Waals surface area (Å²) in [4.78, 5) is 14.9. The van der Waals surface area contributed by atoms with Crippen LogP contribution in [0.25, 0.3) is 10.9 Å². The second-order valence-electron chi connectivity index (χ2n) is 3.36. The standard InChI is InChI=1S/C11H7Cl2NO2/c1-5-8(12)3-2-6-9(13)7(11(15)16)4-14-10(5)6/h2-4H,1H3,(H,15,16). The molecule has 0 saturated heterocycles. The summed E-state index contributed by atoms with van der Waals surface area (Å²) >= 11 is 11.9. The number of hydrogen-bond donors (Lipinski definition) is 1. The van der Waals surface area contributed by atoms with Gasteiger partial charge in [-0.2, -0.15) is 0 Å². The number of fused-ring (bicyclic) bond motifs is 1. The van der Waals surface area contributed by atoms with E-state index in [1.54, 1.807) is 12.1 Å². The van der Waals surface area contributed by atoms with Crippen LogP contribution in [0.5, 0.6) is 0 Å². The van der Waals surface area contributed by atoms with E-state index >= 15 is 0 Å². The summed E-state index contributed by atoms with van der Waals surface area (Å²) in [5.74, 6) is -1.09. The Morgan fingerprint density at radius 3 is 2.69 bits per heavy atom. The molecule has 2 rings (SSSR count). The van der Waals surface area contributed by atoms with Crippen molar-refractivity contribution in [1.29, 1.82) is 0 Å². The summed E-state index contributed by atoms with van der Waals surface area (Å²) in [5, 5.41) is 10.3. The Labute approximate surface area is 102 Å². The maximum Gasteiger partial charge on any atom is 0.338 e. The fraction of sp³-hybridized carbons (Fsp3) is 0.0909. The molecule has 0 atom stereocenters. The van der Waals surface area contributed by atoms with E-state index in [0.29, 0.717) is 15.9 Å². The predicted molar refractivity (Wildman–Crippen MR) is 63.5 cm³/mol. The van der Waals surface area contributed by atoms with Gasteiger partial charge in [0.05, 0.1) is 16.1 Å². The summed E-state index contributed by atoms with van der Waals surface area (Å²) in [7, 11) is 0. The number of benzene rings is 1. The lowest BCUT2D eigenvalue weighted by Gasteiger charge is -2.06. The molecule has 0 aliphatic rings. The molecule has 16 heavy (non-hydrogen) atoms. The van der Waals surface area contributed by atoms with E-state index in [2.05, 4.69) is 4.98 Å². The van der Waals surface area contributed by atoms with Gasteiger partial charge >= 0.3 is 5.97 Å². The number of halogens is 2. The predicted octanol–water partition coefficient (Wildman–Crippen LogP) is 3.55. The summed E-state index contributed by atoms with van der Waals surface area (Å²) in [6.45, 7) is 1.81. The van der Waals surface area contributed by atoms with Gasteiger partial charge in [0.25, 0.3) is 0 Å². The SMILES string of the molecule is Cc1c(Cl)ccc2c(Cl)c(C(=O)O)cnc12. The number of carbonyl (C=O) groups is 1. The van der Waals surface area contributed by atoms with Crippen LogP contribution in [0.2, 0.25) is 10.0 Å². The van der Waals surface area contributed by atoms with Crippen molar-refractivity contribution >= 4 is 40.1 Å². The Bertz CT molecular complexity index is 596. The zero-order valence-electron chi connectivity index (χ0n) is 8.29. The largest absolute Gasteiger partial charge is 0.478 e. The van der Waals surface area contributed by atoms with Crippen LogP contribution in [-0.4, -0.2) is 16.1 Å². The highest BCUT2D eigenvalue weighted by Crippen LogP contribution is 2.30. The minimum atomic E-state index is -1.09. The number of hydrogen-bond acceptors (Lipinski definition) is 2. The number of aromatic nitrogens is 1. The molecular weight excluding hydrogens is 249 g/mol. The molecule has 0 aliphatic heterocycles. The van der Waals surface area contributed by atoms with Crippen LogP contribution in [0, 0.1) is 6.92 Å². The van der Waals surface area contributed by atoms with Crippen molar-refractivity contribution in [3.05, 3.63) is 39.5 Å². The topological polar surface area (TPSA) is 50.2 Å². The Hall–Kier alpha value is -1.32. The van der Waals surface area contributed by atoms with Gasteiger partial charge in [0.2, 0.25) is 0 Å². The van der Waals surface area contributed by atoms with Gasteiger partial charge in [0, 0.05) is 16.6 Å². The second kappa shape index (κ2) is 3.92. The third kappa shape index (κ3) is 1.62. The van der Waals surface area contributed by atoms with E-state index in [1.807, 2.05) is 6.92 Å². The molecule has 1 aromatic heterocycles.